The standard InChI is InChI=1S/C19H13Cl3F3N3O2S/c1-30-27-9-26-17(29)14-3-2-10(4-15(14)22)16-8-18(31-28-16,19(23,24)25)11-5-12(20)7-13(21)6-11/h2-7,9H,8H2,1H3,(H,26,27,29). The zero-order valence-electron chi connectivity index (χ0n) is 15.6. The fourth-order valence-electron chi connectivity index (χ4n) is 2.94. The van der Waals surface area contributed by atoms with Crippen molar-refractivity contribution in [3.8, 4) is 0 Å². The molecule has 1 aliphatic heterocycles. The SMILES string of the molecule is CON=CNC(=O)c1ccc(C2=NSC(c3cc(Cl)cc(Cl)c3)(C(F)(F)F)C2)cc1Cl. The van der Waals surface area contributed by atoms with Gasteiger partial charge in [-0.1, -0.05) is 46.0 Å². The van der Waals surface area contributed by atoms with Crippen molar-refractivity contribution in [1.29, 1.82) is 0 Å². The van der Waals surface area contributed by atoms with E-state index in [0.29, 0.717) is 17.5 Å². The van der Waals surface area contributed by atoms with Crippen LogP contribution in [-0.4, -0.2) is 31.2 Å². The Labute approximate surface area is 194 Å². The van der Waals surface area contributed by atoms with Crippen LogP contribution >= 0.6 is 46.8 Å². The van der Waals surface area contributed by atoms with Crippen LogP contribution in [0.25, 0.3) is 0 Å². The number of alkyl halides is 3. The number of hydrogen-bond acceptors (Lipinski definition) is 5. The van der Waals surface area contributed by atoms with Gasteiger partial charge in [0.05, 0.1) is 16.3 Å². The second kappa shape index (κ2) is 9.28. The molecule has 31 heavy (non-hydrogen) atoms. The Bertz CT molecular complexity index is 1060. The molecular weight excluding hydrogens is 498 g/mol. The van der Waals surface area contributed by atoms with Gasteiger partial charge in [0.25, 0.3) is 5.91 Å². The number of hydrogen-bond donors (Lipinski definition) is 1. The third kappa shape index (κ3) is 4.95. The molecular formula is C19H13Cl3F3N3O2S. The number of carbonyl (C=O) groups is 1. The molecule has 12 heteroatoms. The molecule has 5 nitrogen and oxygen atoms in total. The fraction of sp³-hybridized carbons (Fsp3) is 0.211. The van der Waals surface area contributed by atoms with E-state index >= 15 is 0 Å². The molecule has 1 atom stereocenters. The normalized spacial score (nSPS) is 18.9. The van der Waals surface area contributed by atoms with Gasteiger partial charge < -0.3 is 10.2 Å². The van der Waals surface area contributed by atoms with Crippen LogP contribution < -0.4 is 5.32 Å². The van der Waals surface area contributed by atoms with Gasteiger partial charge in [-0.15, -0.1) is 0 Å². The maximum Gasteiger partial charge on any atom is 0.409 e. The lowest BCUT2D eigenvalue weighted by Crippen LogP contribution is -2.38. The molecule has 0 saturated heterocycles. The van der Waals surface area contributed by atoms with E-state index in [1.807, 2.05) is 0 Å². The molecule has 0 spiro atoms. The average molecular weight is 511 g/mol. The van der Waals surface area contributed by atoms with E-state index in [0.717, 1.165) is 6.34 Å². The van der Waals surface area contributed by atoms with Gasteiger partial charge in [-0.3, -0.25) is 4.79 Å². The maximum atomic E-state index is 14.2. The smallest absolute Gasteiger partial charge is 0.398 e. The number of nitrogens with one attached hydrogen (secondary N) is 1. The van der Waals surface area contributed by atoms with Gasteiger partial charge in [0.2, 0.25) is 0 Å². The van der Waals surface area contributed by atoms with Crippen molar-refractivity contribution in [1.82, 2.24) is 5.32 Å². The Hall–Kier alpha value is -1.94. The predicted molar refractivity (Wildman–Crippen MR) is 117 cm³/mol. The maximum absolute atomic E-state index is 14.2. The lowest BCUT2D eigenvalue weighted by molar-refractivity contribution is -0.159. The molecule has 0 radical (unpaired) electrons. The van der Waals surface area contributed by atoms with E-state index in [-0.39, 0.29) is 31.9 Å². The Morgan fingerprint density at radius 1 is 1.23 bits per heavy atom. The Balaban J connectivity index is 1.91. The lowest BCUT2D eigenvalue weighted by atomic mass is 9.89. The minimum absolute atomic E-state index is 0.0452. The summed E-state index contributed by atoms with van der Waals surface area (Å²) in [6, 6.07) is 8.08. The van der Waals surface area contributed by atoms with E-state index in [1.165, 1.54) is 43.5 Å². The largest absolute Gasteiger partial charge is 0.409 e. The fourth-order valence-corrected chi connectivity index (χ4v) is 4.70. The highest BCUT2D eigenvalue weighted by molar-refractivity contribution is 7.99. The highest BCUT2D eigenvalue weighted by atomic mass is 35.5. The second-order valence-corrected chi connectivity index (χ2v) is 8.72. The molecule has 0 aromatic heterocycles. The predicted octanol–water partition coefficient (Wildman–Crippen LogP) is 6.27. The first-order chi connectivity index (χ1) is 14.6. The summed E-state index contributed by atoms with van der Waals surface area (Å²) in [4.78, 5) is 16.5. The molecule has 3 rings (SSSR count). The van der Waals surface area contributed by atoms with Crippen LogP contribution in [0.2, 0.25) is 15.1 Å². The van der Waals surface area contributed by atoms with Crippen LogP contribution in [0, 0.1) is 0 Å². The monoisotopic (exact) mass is 509 g/mol. The van der Waals surface area contributed by atoms with E-state index in [1.54, 1.807) is 0 Å². The number of benzene rings is 2. The van der Waals surface area contributed by atoms with Gasteiger partial charge in [0.15, 0.2) is 4.75 Å². The topological polar surface area (TPSA) is 63.0 Å². The van der Waals surface area contributed by atoms with Crippen LogP contribution in [0.4, 0.5) is 13.2 Å². The summed E-state index contributed by atoms with van der Waals surface area (Å²) < 4.78 is 44.2. The number of amides is 1. The number of rotatable bonds is 5. The number of carbonyl (C=O) groups excluding carboxylic acids is 1. The molecule has 1 N–H and O–H groups in total. The van der Waals surface area contributed by atoms with E-state index < -0.39 is 23.3 Å². The highest BCUT2D eigenvalue weighted by Gasteiger charge is 2.60. The summed E-state index contributed by atoms with van der Waals surface area (Å²) in [6.45, 7) is 0. The van der Waals surface area contributed by atoms with Gasteiger partial charge in [-0.25, -0.2) is 4.40 Å². The minimum atomic E-state index is -4.64. The van der Waals surface area contributed by atoms with E-state index in [9.17, 15) is 18.0 Å². The quantitative estimate of drug-likeness (QED) is 0.223. The molecule has 1 amide bonds. The van der Waals surface area contributed by atoms with Crippen LogP contribution in [0.1, 0.15) is 27.9 Å². The van der Waals surface area contributed by atoms with Gasteiger partial charge >= 0.3 is 6.18 Å². The third-order valence-corrected chi connectivity index (χ3v) is 6.40. The van der Waals surface area contributed by atoms with Gasteiger partial charge in [-0.2, -0.15) is 13.2 Å². The average Bonchev–Trinajstić information content (AvgIpc) is 3.14. The summed E-state index contributed by atoms with van der Waals surface area (Å²) in [5, 5.41) is 5.96. The Morgan fingerprint density at radius 3 is 2.48 bits per heavy atom. The zero-order chi connectivity index (χ0) is 22.8. The third-order valence-electron chi connectivity index (χ3n) is 4.42. The van der Waals surface area contributed by atoms with Gasteiger partial charge in [0.1, 0.15) is 13.4 Å². The first-order valence-corrected chi connectivity index (χ1v) is 10.4. The summed E-state index contributed by atoms with van der Waals surface area (Å²) >= 11 is 18.4. The molecule has 2 aromatic carbocycles. The first-order valence-electron chi connectivity index (χ1n) is 8.51. The number of nitrogens with zero attached hydrogens (tertiary/aromatic N) is 2. The van der Waals surface area contributed by atoms with Crippen molar-refractivity contribution in [2.45, 2.75) is 17.3 Å². The molecule has 0 bridgehead atoms. The van der Waals surface area contributed by atoms with Crippen molar-refractivity contribution >= 4 is 64.7 Å². The molecule has 1 aliphatic rings. The first kappa shape index (κ1) is 23.7. The summed E-state index contributed by atoms with van der Waals surface area (Å²) in [5.74, 6) is -0.557. The van der Waals surface area contributed by atoms with Crippen molar-refractivity contribution in [3.05, 3.63) is 68.2 Å². The Morgan fingerprint density at radius 2 is 1.90 bits per heavy atom. The molecule has 1 heterocycles. The van der Waals surface area contributed by atoms with Gasteiger partial charge in [-0.05, 0) is 53.4 Å². The van der Waals surface area contributed by atoms with Crippen LogP contribution in [0.5, 0.6) is 0 Å². The van der Waals surface area contributed by atoms with Crippen LogP contribution in [0.15, 0.2) is 46.0 Å². The molecule has 0 saturated carbocycles. The van der Waals surface area contributed by atoms with Crippen LogP contribution in [0.3, 0.4) is 0 Å². The molecule has 0 fully saturated rings. The second-order valence-electron chi connectivity index (χ2n) is 6.37. The summed E-state index contributed by atoms with van der Waals surface area (Å²) in [6.07, 6.45) is -4.06. The molecule has 2 aromatic rings. The van der Waals surface area contributed by atoms with Crippen molar-refractivity contribution < 1.29 is 22.8 Å². The highest BCUT2D eigenvalue weighted by Crippen LogP contribution is 2.57. The Kier molecular flexibility index (Phi) is 7.10. The van der Waals surface area contributed by atoms with Gasteiger partial charge in [0, 0.05) is 16.5 Å². The van der Waals surface area contributed by atoms with Crippen molar-refractivity contribution in [3.63, 3.8) is 0 Å². The number of oxime groups is 1. The van der Waals surface area contributed by atoms with E-state index in [2.05, 4.69) is 19.7 Å². The van der Waals surface area contributed by atoms with Crippen molar-refractivity contribution in [2.24, 2.45) is 9.55 Å². The van der Waals surface area contributed by atoms with E-state index in [4.69, 9.17) is 34.8 Å². The summed E-state index contributed by atoms with van der Waals surface area (Å²) in [5.41, 5.74) is 0.552. The lowest BCUT2D eigenvalue weighted by Gasteiger charge is -2.30. The molecule has 164 valence electrons. The van der Waals surface area contributed by atoms with Crippen LogP contribution in [-0.2, 0) is 9.58 Å². The minimum Gasteiger partial charge on any atom is -0.398 e. The molecule has 0 aliphatic carbocycles. The summed E-state index contributed by atoms with van der Waals surface area (Å²) in [7, 11) is 1.31. The zero-order valence-corrected chi connectivity index (χ0v) is 18.7. The van der Waals surface area contributed by atoms with Crippen molar-refractivity contribution in [2.75, 3.05) is 7.11 Å². The molecule has 1 unspecified atom stereocenters. The number of halogens is 6.